The van der Waals surface area contributed by atoms with Crippen LogP contribution in [0.25, 0.3) is 0 Å². The monoisotopic (exact) mass is 110 g/mol. The minimum atomic E-state index is 0. The van der Waals surface area contributed by atoms with Crippen LogP contribution in [0.15, 0.2) is 0 Å². The molecule has 0 aromatic carbocycles. The van der Waals surface area contributed by atoms with E-state index in [2.05, 4.69) is 0 Å². The molecule has 0 aromatic rings. The predicted molar refractivity (Wildman–Crippen MR) is 21.3 cm³/mol. The van der Waals surface area contributed by atoms with Crippen LogP contribution >= 0.6 is 0 Å². The van der Waals surface area contributed by atoms with Crippen molar-refractivity contribution >= 4 is 0 Å². The molecule has 0 rings (SSSR count). The molecule has 0 atom stereocenters. The summed E-state index contributed by atoms with van der Waals surface area (Å²) in [4.78, 5) is 16.0. The molecule has 0 amide bonds. The van der Waals surface area contributed by atoms with Crippen molar-refractivity contribution in [1.29, 1.82) is 0 Å². The summed E-state index contributed by atoms with van der Waals surface area (Å²) >= 11 is 0. The van der Waals surface area contributed by atoms with Gasteiger partial charge < -0.3 is 5.48 Å². The van der Waals surface area contributed by atoms with Gasteiger partial charge in [0.2, 0.25) is 0 Å². The Morgan fingerprint density at radius 3 is 1.00 bits per heavy atom. The summed E-state index contributed by atoms with van der Waals surface area (Å²) in [6.45, 7) is 0. The summed E-state index contributed by atoms with van der Waals surface area (Å²) in [5.74, 6) is 0. The number of rotatable bonds is 0. The van der Waals surface area contributed by atoms with Gasteiger partial charge in [-0.15, -0.1) is 0 Å². The molecular formula is H2N2O5. The molecule has 0 aromatic heterocycles. The van der Waals surface area contributed by atoms with Crippen molar-refractivity contribution in [3.05, 3.63) is 20.2 Å². The van der Waals surface area contributed by atoms with Crippen molar-refractivity contribution < 1.29 is 5.48 Å². The van der Waals surface area contributed by atoms with Gasteiger partial charge in [0.1, 0.15) is 0 Å². The highest BCUT2D eigenvalue weighted by Crippen LogP contribution is 1.03. The predicted octanol–water partition coefficient (Wildman–Crippen LogP) is -1.65. The second-order valence-electron chi connectivity index (χ2n) is 0.149. The minimum Gasteiger partial charge on any atom is -0.412 e. The average Bonchev–Trinajstić information content (AvgIpc) is 1.39. The molecule has 0 aliphatic heterocycles. The molecular weight excluding hydrogens is 108 g/mol. The van der Waals surface area contributed by atoms with Gasteiger partial charge in [0.05, 0.1) is 0 Å². The van der Waals surface area contributed by atoms with Crippen LogP contribution in [0.4, 0.5) is 0 Å². The third kappa shape index (κ3) is 23.6. The van der Waals surface area contributed by atoms with Crippen molar-refractivity contribution in [3.8, 4) is 0 Å². The quantitative estimate of drug-likeness (QED) is 0.272. The Balaban J connectivity index is -0.0000000400. The highest BCUT2D eigenvalue weighted by Gasteiger charge is 1.36. The van der Waals surface area contributed by atoms with E-state index in [9.17, 15) is 0 Å². The van der Waals surface area contributed by atoms with Gasteiger partial charge in [-0.1, -0.05) is 0 Å². The second-order valence-corrected chi connectivity index (χ2v) is 0.149. The smallest absolute Gasteiger partial charge is 0.387 e. The molecule has 0 saturated carbocycles. The van der Waals surface area contributed by atoms with Gasteiger partial charge in [-0.05, 0) is 0 Å². The number of hydrogen-bond donors (Lipinski definition) is 0. The maximum Gasteiger partial charge on any atom is 0.387 e. The summed E-state index contributed by atoms with van der Waals surface area (Å²) in [6.07, 6.45) is 0. The first kappa shape index (κ1) is 17.1. The molecule has 0 spiro atoms. The van der Waals surface area contributed by atoms with Gasteiger partial charge in [0.25, 0.3) is 0 Å². The van der Waals surface area contributed by atoms with E-state index in [1.54, 1.807) is 0 Å². The molecule has 0 fully saturated rings. The van der Waals surface area contributed by atoms with E-state index >= 15 is 0 Å². The fraction of sp³-hybridized carbons (Fsp3) is 0. The van der Waals surface area contributed by atoms with Crippen LogP contribution in [0.5, 0.6) is 0 Å². The molecule has 2 radical (unpaired) electrons. The largest absolute Gasteiger partial charge is 0.412 e. The minimum absolute atomic E-state index is 0. The Labute approximate surface area is 37.7 Å². The Morgan fingerprint density at radius 1 is 1.00 bits per heavy atom. The molecule has 7 heteroatoms. The fourth-order valence-corrected chi connectivity index (χ4v) is 0. The first-order chi connectivity index (χ1) is 2.83. The van der Waals surface area contributed by atoms with Crippen LogP contribution < -0.4 is 10.7 Å². The van der Waals surface area contributed by atoms with Crippen molar-refractivity contribution in [1.82, 2.24) is 10.7 Å². The molecule has 7 nitrogen and oxygen atoms in total. The van der Waals surface area contributed by atoms with E-state index < -0.39 is 0 Å². The van der Waals surface area contributed by atoms with Crippen molar-refractivity contribution in [2.24, 2.45) is 0 Å². The van der Waals surface area contributed by atoms with Crippen LogP contribution in [0.2, 0.25) is 0 Å². The Morgan fingerprint density at radius 2 is 1.00 bits per heavy atom. The van der Waals surface area contributed by atoms with E-state index in [0.29, 0.717) is 0 Å². The van der Waals surface area contributed by atoms with Gasteiger partial charge in [-0.25, -0.2) is 0 Å². The highest BCUT2D eigenvalue weighted by atomic mass is 16.6. The lowest BCUT2D eigenvalue weighted by atomic mass is 13.4. The van der Waals surface area contributed by atoms with Gasteiger partial charge in [0, 0.05) is 0 Å². The molecule has 0 aliphatic carbocycles. The van der Waals surface area contributed by atoms with Crippen LogP contribution in [0, 0.1) is 20.2 Å². The van der Waals surface area contributed by atoms with E-state index in [0.717, 1.165) is 10.7 Å². The van der Waals surface area contributed by atoms with Gasteiger partial charge in [-0.2, -0.15) is 20.2 Å². The standard InChI is InChI=1S/2NO2.H2O/c2*2-1-3;/h;;1H2. The van der Waals surface area contributed by atoms with Crippen LogP contribution in [0.3, 0.4) is 0 Å². The van der Waals surface area contributed by atoms with Gasteiger partial charge in [-0.3, -0.25) is 0 Å². The lowest BCUT2D eigenvalue weighted by molar-refractivity contribution is 0.824. The summed E-state index contributed by atoms with van der Waals surface area (Å²) in [6, 6.07) is 0. The van der Waals surface area contributed by atoms with Gasteiger partial charge in [0.15, 0.2) is 0 Å². The third-order valence-corrected chi connectivity index (χ3v) is 0. The molecule has 0 unspecified atom stereocenters. The lowest BCUT2D eigenvalue weighted by Crippen LogP contribution is -1.47. The first-order valence-corrected chi connectivity index (χ1v) is 0.730. The molecule has 42 valence electrons. The summed E-state index contributed by atoms with van der Waals surface area (Å²) in [5.41, 5.74) is 0. The second kappa shape index (κ2) is 117. The average molecular weight is 110 g/mol. The lowest BCUT2D eigenvalue weighted by Gasteiger charge is -1.16. The van der Waals surface area contributed by atoms with Crippen molar-refractivity contribution in [2.45, 2.75) is 0 Å². The van der Waals surface area contributed by atoms with E-state index in [4.69, 9.17) is 20.2 Å². The van der Waals surface area contributed by atoms with Crippen LogP contribution in [0.1, 0.15) is 0 Å². The van der Waals surface area contributed by atoms with Gasteiger partial charge >= 0.3 is 10.7 Å². The summed E-state index contributed by atoms with van der Waals surface area (Å²) < 4.78 is 0. The van der Waals surface area contributed by atoms with Crippen LogP contribution in [-0.2, 0) is 0 Å². The van der Waals surface area contributed by atoms with E-state index in [1.807, 2.05) is 0 Å². The van der Waals surface area contributed by atoms with E-state index in [1.165, 1.54) is 0 Å². The summed E-state index contributed by atoms with van der Waals surface area (Å²) in [5, 5.41) is 18.0. The van der Waals surface area contributed by atoms with Crippen LogP contribution in [-0.4, -0.2) is 5.48 Å². The Kier molecular flexibility index (Phi) is 285. The zero-order valence-corrected chi connectivity index (χ0v) is 3.03. The zero-order chi connectivity index (χ0) is 5.41. The van der Waals surface area contributed by atoms with Crippen molar-refractivity contribution in [3.63, 3.8) is 0 Å². The zero-order valence-electron chi connectivity index (χ0n) is 3.03. The van der Waals surface area contributed by atoms with Crippen molar-refractivity contribution in [2.75, 3.05) is 0 Å². The highest BCUT2D eigenvalue weighted by molar-refractivity contribution is 4.13. The first-order valence-electron chi connectivity index (χ1n) is 0.730. The Bertz CT molecular complexity index is 27.1. The normalized spacial score (nSPS) is 3.43. The third-order valence-electron chi connectivity index (χ3n) is 0. The topological polar surface area (TPSA) is 140 Å². The molecule has 0 bridgehead atoms. The molecule has 0 aliphatic rings. The molecule has 2 N–H and O–H groups in total. The maximum atomic E-state index is 8.00. The number of nitrogens with zero attached hydrogens (tertiary/aromatic N) is 2. The summed E-state index contributed by atoms with van der Waals surface area (Å²) in [7, 11) is 0. The SMILES string of the molecule is O.O=[N+][O-].O=[N+][O-]. The molecule has 7 heavy (non-hydrogen) atoms. The fourth-order valence-electron chi connectivity index (χ4n) is 0. The molecule has 0 saturated heterocycles. The Hall–Kier alpha value is -1.24. The molecule has 0 heterocycles. The maximum absolute atomic E-state index is 8.00. The number of hydrogen-bond acceptors (Lipinski definition) is 6. The van der Waals surface area contributed by atoms with E-state index in [-0.39, 0.29) is 5.48 Å².